The average molecular weight is 236 g/mol. The molecule has 1 saturated heterocycles. The lowest BCUT2D eigenvalue weighted by Crippen LogP contribution is -2.28. The number of rotatable bonds is 4. The van der Waals surface area contributed by atoms with E-state index in [1.54, 1.807) is 7.11 Å². The minimum atomic E-state index is -0.448. The van der Waals surface area contributed by atoms with Gasteiger partial charge in [0.1, 0.15) is 5.75 Å². The van der Waals surface area contributed by atoms with Crippen LogP contribution >= 0.6 is 0 Å². The zero-order chi connectivity index (χ0) is 12.3. The van der Waals surface area contributed by atoms with E-state index in [-0.39, 0.29) is 12.2 Å². The molecule has 1 heterocycles. The summed E-state index contributed by atoms with van der Waals surface area (Å²) in [5.74, 6) is 0.831. The molecule has 17 heavy (non-hydrogen) atoms. The summed E-state index contributed by atoms with van der Waals surface area (Å²) in [5, 5.41) is 10.2. The van der Waals surface area contributed by atoms with Gasteiger partial charge in [-0.2, -0.15) is 0 Å². The van der Waals surface area contributed by atoms with Crippen LogP contribution in [0, 0.1) is 0 Å². The van der Waals surface area contributed by atoms with E-state index in [2.05, 4.69) is 6.92 Å². The van der Waals surface area contributed by atoms with Gasteiger partial charge in [0, 0.05) is 6.42 Å². The van der Waals surface area contributed by atoms with Crippen molar-refractivity contribution in [2.24, 2.45) is 0 Å². The van der Waals surface area contributed by atoms with Crippen LogP contribution in [0.4, 0.5) is 0 Å². The number of methoxy groups -OCH3 is 1. The van der Waals surface area contributed by atoms with Crippen molar-refractivity contribution in [1.29, 1.82) is 0 Å². The number of para-hydroxylation sites is 1. The third-order valence-electron chi connectivity index (χ3n) is 3.32. The zero-order valence-electron chi connectivity index (χ0n) is 10.4. The maximum Gasteiger partial charge on any atom is 0.122 e. The largest absolute Gasteiger partial charge is 0.496 e. The number of aliphatic hydroxyl groups is 1. The van der Waals surface area contributed by atoms with Crippen molar-refractivity contribution in [2.75, 3.05) is 7.11 Å². The van der Waals surface area contributed by atoms with Gasteiger partial charge in [0.15, 0.2) is 0 Å². The maximum atomic E-state index is 10.2. The summed E-state index contributed by atoms with van der Waals surface area (Å²) >= 11 is 0. The van der Waals surface area contributed by atoms with Crippen LogP contribution in [0.2, 0.25) is 0 Å². The van der Waals surface area contributed by atoms with Crippen molar-refractivity contribution in [1.82, 2.24) is 0 Å². The SMILES string of the molecule is COc1ccccc1CC(O)C1CCC(C)O1. The molecule has 0 bridgehead atoms. The Morgan fingerprint density at radius 2 is 2.18 bits per heavy atom. The van der Waals surface area contributed by atoms with E-state index in [0.717, 1.165) is 24.2 Å². The second-order valence-corrected chi connectivity index (χ2v) is 4.65. The number of benzene rings is 1. The highest BCUT2D eigenvalue weighted by molar-refractivity contribution is 5.33. The van der Waals surface area contributed by atoms with Crippen LogP contribution in [-0.2, 0) is 11.2 Å². The van der Waals surface area contributed by atoms with Crippen LogP contribution in [0.25, 0.3) is 0 Å². The van der Waals surface area contributed by atoms with E-state index >= 15 is 0 Å². The minimum absolute atomic E-state index is 0.0325. The Kier molecular flexibility index (Phi) is 4.02. The third kappa shape index (κ3) is 2.99. The molecule has 0 aromatic heterocycles. The molecule has 3 atom stereocenters. The van der Waals surface area contributed by atoms with Crippen molar-refractivity contribution in [3.8, 4) is 5.75 Å². The first-order valence-electron chi connectivity index (χ1n) is 6.16. The number of aliphatic hydroxyl groups excluding tert-OH is 1. The Bertz CT molecular complexity index is 364. The lowest BCUT2D eigenvalue weighted by atomic mass is 10.0. The predicted octanol–water partition coefficient (Wildman–Crippen LogP) is 2.17. The molecule has 1 aliphatic rings. The normalized spacial score (nSPS) is 25.8. The van der Waals surface area contributed by atoms with Gasteiger partial charge in [0.25, 0.3) is 0 Å². The van der Waals surface area contributed by atoms with Crippen molar-refractivity contribution < 1.29 is 14.6 Å². The molecule has 0 aliphatic carbocycles. The van der Waals surface area contributed by atoms with Gasteiger partial charge in [0.05, 0.1) is 25.4 Å². The van der Waals surface area contributed by atoms with Crippen molar-refractivity contribution in [2.45, 2.75) is 44.5 Å². The molecule has 0 radical (unpaired) electrons. The van der Waals surface area contributed by atoms with Gasteiger partial charge < -0.3 is 14.6 Å². The molecular weight excluding hydrogens is 216 g/mol. The molecule has 1 aliphatic heterocycles. The maximum absolute atomic E-state index is 10.2. The average Bonchev–Trinajstić information content (AvgIpc) is 2.77. The first-order valence-corrected chi connectivity index (χ1v) is 6.16. The van der Waals surface area contributed by atoms with Gasteiger partial charge >= 0.3 is 0 Å². The summed E-state index contributed by atoms with van der Waals surface area (Å²) in [6.45, 7) is 2.05. The lowest BCUT2D eigenvalue weighted by molar-refractivity contribution is -0.0280. The lowest BCUT2D eigenvalue weighted by Gasteiger charge is -2.19. The van der Waals surface area contributed by atoms with Gasteiger partial charge in [-0.15, -0.1) is 0 Å². The fourth-order valence-corrected chi connectivity index (χ4v) is 2.34. The highest BCUT2D eigenvalue weighted by Gasteiger charge is 2.28. The Morgan fingerprint density at radius 1 is 1.41 bits per heavy atom. The number of hydrogen-bond acceptors (Lipinski definition) is 3. The standard InChI is InChI=1S/C14H20O3/c1-10-7-8-14(17-10)12(15)9-11-5-3-4-6-13(11)16-2/h3-6,10,12,14-15H,7-9H2,1-2H3. The van der Waals surface area contributed by atoms with Gasteiger partial charge in [0.2, 0.25) is 0 Å². The first kappa shape index (κ1) is 12.4. The Hall–Kier alpha value is -1.06. The fraction of sp³-hybridized carbons (Fsp3) is 0.571. The van der Waals surface area contributed by atoms with E-state index < -0.39 is 6.10 Å². The molecule has 2 rings (SSSR count). The summed E-state index contributed by atoms with van der Waals surface area (Å²) in [6.07, 6.45) is 2.35. The van der Waals surface area contributed by atoms with Crippen LogP contribution in [0.3, 0.4) is 0 Å². The smallest absolute Gasteiger partial charge is 0.122 e. The minimum Gasteiger partial charge on any atom is -0.496 e. The molecule has 0 saturated carbocycles. The molecular formula is C14H20O3. The number of hydrogen-bond donors (Lipinski definition) is 1. The van der Waals surface area contributed by atoms with Crippen LogP contribution in [-0.4, -0.2) is 30.5 Å². The Labute approximate surface area is 102 Å². The molecule has 3 unspecified atom stereocenters. The third-order valence-corrected chi connectivity index (χ3v) is 3.32. The van der Waals surface area contributed by atoms with Crippen molar-refractivity contribution in [3.63, 3.8) is 0 Å². The van der Waals surface area contributed by atoms with E-state index in [9.17, 15) is 5.11 Å². The second-order valence-electron chi connectivity index (χ2n) is 4.65. The van der Waals surface area contributed by atoms with Crippen LogP contribution in [0.1, 0.15) is 25.3 Å². The first-order chi connectivity index (χ1) is 8.20. The van der Waals surface area contributed by atoms with Crippen molar-refractivity contribution >= 4 is 0 Å². The molecule has 1 aromatic carbocycles. The summed E-state index contributed by atoms with van der Waals surface area (Å²) in [5.41, 5.74) is 1.03. The van der Waals surface area contributed by atoms with E-state index in [1.807, 2.05) is 24.3 Å². The summed E-state index contributed by atoms with van der Waals surface area (Å²) in [6, 6.07) is 7.80. The van der Waals surface area contributed by atoms with Crippen molar-refractivity contribution in [3.05, 3.63) is 29.8 Å². The van der Waals surface area contributed by atoms with E-state index in [1.165, 1.54) is 0 Å². The topological polar surface area (TPSA) is 38.7 Å². The quantitative estimate of drug-likeness (QED) is 0.870. The van der Waals surface area contributed by atoms with Gasteiger partial charge in [-0.1, -0.05) is 18.2 Å². The summed E-state index contributed by atoms with van der Waals surface area (Å²) < 4.78 is 11.0. The van der Waals surface area contributed by atoms with Crippen LogP contribution in [0.15, 0.2) is 24.3 Å². The molecule has 1 N–H and O–H groups in total. The molecule has 1 aromatic rings. The number of ether oxygens (including phenoxy) is 2. The molecule has 3 nitrogen and oxygen atoms in total. The summed E-state index contributed by atoms with van der Waals surface area (Å²) in [7, 11) is 1.65. The molecule has 0 amide bonds. The Morgan fingerprint density at radius 3 is 2.82 bits per heavy atom. The zero-order valence-corrected chi connectivity index (χ0v) is 10.4. The van der Waals surface area contributed by atoms with Gasteiger partial charge in [-0.3, -0.25) is 0 Å². The molecule has 3 heteroatoms. The van der Waals surface area contributed by atoms with E-state index in [0.29, 0.717) is 6.42 Å². The fourth-order valence-electron chi connectivity index (χ4n) is 2.34. The monoisotopic (exact) mass is 236 g/mol. The Balaban J connectivity index is 2.00. The van der Waals surface area contributed by atoms with Gasteiger partial charge in [-0.05, 0) is 31.4 Å². The van der Waals surface area contributed by atoms with E-state index in [4.69, 9.17) is 9.47 Å². The van der Waals surface area contributed by atoms with Crippen LogP contribution in [0.5, 0.6) is 5.75 Å². The predicted molar refractivity (Wildman–Crippen MR) is 66.3 cm³/mol. The molecule has 0 spiro atoms. The highest BCUT2D eigenvalue weighted by Crippen LogP contribution is 2.26. The molecule has 1 fully saturated rings. The summed E-state index contributed by atoms with van der Waals surface area (Å²) in [4.78, 5) is 0. The second kappa shape index (κ2) is 5.52. The molecule has 94 valence electrons. The highest BCUT2D eigenvalue weighted by atomic mass is 16.5. The van der Waals surface area contributed by atoms with Crippen LogP contribution < -0.4 is 4.74 Å². The van der Waals surface area contributed by atoms with Gasteiger partial charge in [-0.25, -0.2) is 0 Å².